The van der Waals surface area contributed by atoms with Crippen LogP contribution in [-0.4, -0.2) is 19.0 Å². The normalized spacial score (nSPS) is 21.0. The van der Waals surface area contributed by atoms with Gasteiger partial charge in [0.25, 0.3) is 0 Å². The van der Waals surface area contributed by atoms with Crippen molar-refractivity contribution in [3.63, 3.8) is 0 Å². The molecule has 1 aromatic heterocycles. The second-order valence-corrected chi connectivity index (χ2v) is 7.29. The van der Waals surface area contributed by atoms with E-state index in [0.29, 0.717) is 22.0 Å². The number of hydrogen-bond donors (Lipinski definition) is 0. The summed E-state index contributed by atoms with van der Waals surface area (Å²) in [5.74, 6) is 0.455. The Morgan fingerprint density at radius 1 is 1.10 bits per heavy atom. The minimum Gasteiger partial charge on any atom is -0.302 e. The zero-order valence-corrected chi connectivity index (χ0v) is 15.1. The molecule has 2 atom stereocenters. The molecular formula is C16H18Cl3NS. The highest BCUT2D eigenvalue weighted by atomic mass is 35.5. The van der Waals surface area contributed by atoms with Crippen LogP contribution >= 0.6 is 46.9 Å². The molecule has 1 aliphatic carbocycles. The second kappa shape index (κ2) is 6.89. The van der Waals surface area contributed by atoms with Crippen molar-refractivity contribution in [2.24, 2.45) is 0 Å². The van der Waals surface area contributed by atoms with Crippen LogP contribution in [0.4, 0.5) is 0 Å². The van der Waals surface area contributed by atoms with Gasteiger partial charge in [0.2, 0.25) is 0 Å². The van der Waals surface area contributed by atoms with Gasteiger partial charge >= 0.3 is 0 Å². The Balaban J connectivity index is 0.00000161. The number of benzene rings is 1. The van der Waals surface area contributed by atoms with Gasteiger partial charge < -0.3 is 4.90 Å². The second-order valence-electron chi connectivity index (χ2n) is 5.52. The molecule has 1 aromatic carbocycles. The summed E-state index contributed by atoms with van der Waals surface area (Å²) in [5.41, 5.74) is 2.75. The van der Waals surface area contributed by atoms with Crippen molar-refractivity contribution in [1.82, 2.24) is 4.90 Å². The highest BCUT2D eigenvalue weighted by molar-refractivity contribution is 7.10. The summed E-state index contributed by atoms with van der Waals surface area (Å²) in [7, 11) is 4.32. The molecule has 1 nitrogen and oxygen atoms in total. The molecule has 0 bridgehead atoms. The first-order chi connectivity index (χ1) is 9.58. The highest BCUT2D eigenvalue weighted by Crippen LogP contribution is 2.46. The van der Waals surface area contributed by atoms with E-state index >= 15 is 0 Å². The van der Waals surface area contributed by atoms with Crippen molar-refractivity contribution >= 4 is 46.9 Å². The van der Waals surface area contributed by atoms with Gasteiger partial charge in [0, 0.05) is 16.8 Å². The number of thiophene rings is 1. The third kappa shape index (κ3) is 3.25. The van der Waals surface area contributed by atoms with Gasteiger partial charge in [-0.3, -0.25) is 0 Å². The summed E-state index contributed by atoms with van der Waals surface area (Å²) in [6.45, 7) is 0. The Morgan fingerprint density at radius 3 is 2.52 bits per heavy atom. The van der Waals surface area contributed by atoms with Crippen molar-refractivity contribution in [3.8, 4) is 0 Å². The first-order valence-electron chi connectivity index (χ1n) is 6.76. The number of rotatable bonds is 2. The van der Waals surface area contributed by atoms with E-state index in [2.05, 4.69) is 36.5 Å². The quantitative estimate of drug-likeness (QED) is 0.632. The summed E-state index contributed by atoms with van der Waals surface area (Å²) in [6.07, 6.45) is 2.34. The summed E-state index contributed by atoms with van der Waals surface area (Å²) >= 11 is 14.1. The lowest BCUT2D eigenvalue weighted by molar-refractivity contribution is 0.264. The molecular weight excluding hydrogens is 345 g/mol. The van der Waals surface area contributed by atoms with Gasteiger partial charge in [-0.25, -0.2) is 0 Å². The van der Waals surface area contributed by atoms with E-state index in [1.54, 1.807) is 0 Å². The molecule has 2 unspecified atom stereocenters. The van der Waals surface area contributed by atoms with E-state index in [1.807, 2.05) is 23.5 Å². The molecule has 0 aliphatic heterocycles. The van der Waals surface area contributed by atoms with E-state index in [4.69, 9.17) is 23.2 Å². The number of fused-ring (bicyclic) bond motifs is 1. The summed E-state index contributed by atoms with van der Waals surface area (Å²) in [6, 6.07) is 8.85. The monoisotopic (exact) mass is 361 g/mol. The predicted octanol–water partition coefficient (Wildman–Crippen LogP) is 6.01. The van der Waals surface area contributed by atoms with Crippen molar-refractivity contribution in [2.75, 3.05) is 14.1 Å². The molecule has 3 rings (SSSR count). The van der Waals surface area contributed by atoms with Gasteiger partial charge in [-0.15, -0.1) is 23.7 Å². The van der Waals surface area contributed by atoms with Crippen LogP contribution in [0, 0.1) is 0 Å². The fraction of sp³-hybridized carbons (Fsp3) is 0.375. The molecule has 0 radical (unpaired) electrons. The van der Waals surface area contributed by atoms with Crippen LogP contribution in [0.2, 0.25) is 10.0 Å². The smallest absolute Gasteiger partial charge is 0.0595 e. The van der Waals surface area contributed by atoms with Crippen molar-refractivity contribution in [1.29, 1.82) is 0 Å². The molecule has 2 aromatic rings. The third-order valence-electron chi connectivity index (χ3n) is 4.10. The van der Waals surface area contributed by atoms with Crippen LogP contribution in [0.25, 0.3) is 0 Å². The van der Waals surface area contributed by atoms with Crippen LogP contribution in [0.3, 0.4) is 0 Å². The van der Waals surface area contributed by atoms with Gasteiger partial charge in [0.1, 0.15) is 0 Å². The molecule has 0 spiro atoms. The van der Waals surface area contributed by atoms with Crippen molar-refractivity contribution in [3.05, 3.63) is 55.7 Å². The average Bonchev–Trinajstić information content (AvgIpc) is 2.89. The molecule has 21 heavy (non-hydrogen) atoms. The largest absolute Gasteiger partial charge is 0.302 e. The predicted molar refractivity (Wildman–Crippen MR) is 95.5 cm³/mol. The molecule has 0 fully saturated rings. The molecule has 1 aliphatic rings. The fourth-order valence-corrected chi connectivity index (χ4v) is 4.51. The zero-order valence-electron chi connectivity index (χ0n) is 12.0. The summed E-state index contributed by atoms with van der Waals surface area (Å²) < 4.78 is 0. The van der Waals surface area contributed by atoms with E-state index in [0.717, 1.165) is 6.42 Å². The molecule has 1 heterocycles. The lowest BCUT2D eigenvalue weighted by atomic mass is 9.81. The lowest BCUT2D eigenvalue weighted by Crippen LogP contribution is -2.25. The van der Waals surface area contributed by atoms with Gasteiger partial charge in [-0.05, 0) is 61.6 Å². The minimum absolute atomic E-state index is 0. The Bertz CT molecular complexity index is 624. The zero-order chi connectivity index (χ0) is 14.3. The number of nitrogens with zero attached hydrogens (tertiary/aromatic N) is 1. The minimum atomic E-state index is 0. The van der Waals surface area contributed by atoms with Crippen LogP contribution in [0.1, 0.15) is 40.8 Å². The molecule has 0 N–H and O–H groups in total. The SMILES string of the molecule is CN(C)C1CCC(c2ccc(Cl)c(Cl)c2)c2sccc21.Cl. The molecule has 0 saturated carbocycles. The Kier molecular flexibility index (Phi) is 5.61. The van der Waals surface area contributed by atoms with Crippen molar-refractivity contribution < 1.29 is 0 Å². The van der Waals surface area contributed by atoms with E-state index < -0.39 is 0 Å². The maximum absolute atomic E-state index is 6.18. The van der Waals surface area contributed by atoms with Gasteiger partial charge in [-0.1, -0.05) is 29.3 Å². The van der Waals surface area contributed by atoms with Crippen LogP contribution in [-0.2, 0) is 0 Å². The summed E-state index contributed by atoms with van der Waals surface area (Å²) in [4.78, 5) is 3.80. The Labute approximate surface area is 146 Å². The molecule has 5 heteroatoms. The maximum atomic E-state index is 6.18. The molecule has 114 valence electrons. The Morgan fingerprint density at radius 2 is 1.86 bits per heavy atom. The van der Waals surface area contributed by atoms with Crippen LogP contribution in [0.15, 0.2) is 29.6 Å². The topological polar surface area (TPSA) is 3.24 Å². The summed E-state index contributed by atoms with van der Waals surface area (Å²) in [5, 5.41) is 3.48. The van der Waals surface area contributed by atoms with Crippen molar-refractivity contribution in [2.45, 2.75) is 24.8 Å². The first-order valence-corrected chi connectivity index (χ1v) is 8.40. The van der Waals surface area contributed by atoms with Crippen LogP contribution in [0.5, 0.6) is 0 Å². The maximum Gasteiger partial charge on any atom is 0.0595 e. The van der Waals surface area contributed by atoms with Gasteiger partial charge in [0.15, 0.2) is 0 Å². The fourth-order valence-electron chi connectivity index (χ4n) is 3.08. The third-order valence-corrected chi connectivity index (χ3v) is 5.89. The average molecular weight is 363 g/mol. The van der Waals surface area contributed by atoms with E-state index in [-0.39, 0.29) is 12.4 Å². The van der Waals surface area contributed by atoms with E-state index in [1.165, 1.54) is 22.4 Å². The standard InChI is InChI=1S/C16H17Cl2NS.ClH/c1-19(2)15-6-4-11(16-12(15)7-8-20-16)10-3-5-13(17)14(18)9-10;/h3,5,7-9,11,15H,4,6H2,1-2H3;1H. The number of hydrogen-bond acceptors (Lipinski definition) is 2. The highest BCUT2D eigenvalue weighted by Gasteiger charge is 2.30. The molecule has 0 amide bonds. The Hall–Kier alpha value is -0.250. The number of halogens is 3. The van der Waals surface area contributed by atoms with Crippen LogP contribution < -0.4 is 0 Å². The van der Waals surface area contributed by atoms with E-state index in [9.17, 15) is 0 Å². The first kappa shape index (κ1) is 17.1. The van der Waals surface area contributed by atoms with Gasteiger partial charge in [0.05, 0.1) is 10.0 Å². The molecule has 0 saturated heterocycles. The lowest BCUT2D eigenvalue weighted by Gasteiger charge is -2.33. The van der Waals surface area contributed by atoms with Gasteiger partial charge in [-0.2, -0.15) is 0 Å².